The third-order valence-corrected chi connectivity index (χ3v) is 3.74. The van der Waals surface area contributed by atoms with Gasteiger partial charge in [-0.2, -0.15) is 5.26 Å². The van der Waals surface area contributed by atoms with E-state index in [0.29, 0.717) is 22.2 Å². The maximum atomic E-state index is 12.0. The van der Waals surface area contributed by atoms with Crippen molar-refractivity contribution in [2.45, 2.75) is 5.16 Å². The first-order valence-corrected chi connectivity index (χ1v) is 7.91. The molecule has 3 rings (SSSR count). The molecule has 6 nitrogen and oxygen atoms in total. The van der Waals surface area contributed by atoms with Crippen molar-refractivity contribution in [1.82, 2.24) is 19.9 Å². The van der Waals surface area contributed by atoms with Crippen LogP contribution in [-0.4, -0.2) is 26.2 Å². The van der Waals surface area contributed by atoms with Gasteiger partial charge in [-0.05, 0) is 18.4 Å². The van der Waals surface area contributed by atoms with Crippen molar-refractivity contribution in [2.75, 3.05) is 6.26 Å². The molecule has 0 bridgehead atoms. The van der Waals surface area contributed by atoms with Gasteiger partial charge in [0.2, 0.25) is 0 Å². The molecule has 0 unspecified atom stereocenters. The SMILES string of the molecule is CSc1nc(-c2cccc(-c3ncccn3)c2)c(C#N)c(=O)[nH]1. The molecule has 0 atom stereocenters. The molecule has 0 radical (unpaired) electrons. The van der Waals surface area contributed by atoms with Crippen LogP contribution in [0.2, 0.25) is 0 Å². The van der Waals surface area contributed by atoms with E-state index in [2.05, 4.69) is 19.9 Å². The minimum atomic E-state index is -0.441. The van der Waals surface area contributed by atoms with E-state index in [1.807, 2.05) is 30.5 Å². The van der Waals surface area contributed by atoms with Crippen LogP contribution < -0.4 is 5.56 Å². The zero-order valence-corrected chi connectivity index (χ0v) is 13.0. The van der Waals surface area contributed by atoms with E-state index in [1.54, 1.807) is 24.5 Å². The predicted molar refractivity (Wildman–Crippen MR) is 87.8 cm³/mol. The second kappa shape index (κ2) is 6.42. The second-order valence-corrected chi connectivity index (χ2v) is 5.36. The summed E-state index contributed by atoms with van der Waals surface area (Å²) < 4.78 is 0. The van der Waals surface area contributed by atoms with Crippen molar-refractivity contribution >= 4 is 11.8 Å². The quantitative estimate of drug-likeness (QED) is 0.588. The average Bonchev–Trinajstić information content (AvgIpc) is 2.62. The first-order valence-electron chi connectivity index (χ1n) is 6.69. The van der Waals surface area contributed by atoms with Gasteiger partial charge in [0.05, 0.1) is 5.69 Å². The maximum Gasteiger partial charge on any atom is 0.270 e. The number of hydrogen-bond donors (Lipinski definition) is 1. The first-order chi connectivity index (χ1) is 11.2. The Bertz CT molecular complexity index is 947. The number of nitrogens with one attached hydrogen (secondary N) is 1. The molecule has 2 heterocycles. The van der Waals surface area contributed by atoms with Crippen molar-refractivity contribution in [1.29, 1.82) is 5.26 Å². The largest absolute Gasteiger partial charge is 0.300 e. The van der Waals surface area contributed by atoms with Crippen molar-refractivity contribution < 1.29 is 0 Å². The number of aromatic nitrogens is 4. The standard InChI is InChI=1S/C16H11N5OS/c1-23-16-20-13(12(9-17)15(22)21-16)10-4-2-5-11(8-10)14-18-6-3-7-19-14/h2-8H,1H3,(H,20,21,22). The first kappa shape index (κ1) is 14.9. The minimum Gasteiger partial charge on any atom is -0.300 e. The number of aromatic amines is 1. The Morgan fingerprint density at radius 2 is 1.91 bits per heavy atom. The van der Waals surface area contributed by atoms with Gasteiger partial charge in [-0.1, -0.05) is 30.0 Å². The van der Waals surface area contributed by atoms with Gasteiger partial charge < -0.3 is 4.98 Å². The highest BCUT2D eigenvalue weighted by Gasteiger charge is 2.14. The molecule has 7 heteroatoms. The minimum absolute atomic E-state index is 0.00562. The average molecular weight is 321 g/mol. The van der Waals surface area contributed by atoms with Crippen LogP contribution in [0.15, 0.2) is 52.7 Å². The maximum absolute atomic E-state index is 12.0. The third kappa shape index (κ3) is 2.98. The fourth-order valence-corrected chi connectivity index (χ4v) is 2.49. The smallest absolute Gasteiger partial charge is 0.270 e. The summed E-state index contributed by atoms with van der Waals surface area (Å²) in [6.45, 7) is 0. The number of benzene rings is 1. The van der Waals surface area contributed by atoms with Crippen LogP contribution in [0.5, 0.6) is 0 Å². The van der Waals surface area contributed by atoms with E-state index in [0.717, 1.165) is 5.56 Å². The van der Waals surface area contributed by atoms with Gasteiger partial charge in [0.1, 0.15) is 11.6 Å². The monoisotopic (exact) mass is 321 g/mol. The van der Waals surface area contributed by atoms with E-state index in [-0.39, 0.29) is 5.56 Å². The van der Waals surface area contributed by atoms with Crippen LogP contribution in [0.25, 0.3) is 22.6 Å². The van der Waals surface area contributed by atoms with Gasteiger partial charge in [-0.3, -0.25) is 4.79 Å². The van der Waals surface area contributed by atoms with Crippen LogP contribution in [0.3, 0.4) is 0 Å². The summed E-state index contributed by atoms with van der Waals surface area (Å²) in [6.07, 6.45) is 5.13. The lowest BCUT2D eigenvalue weighted by Crippen LogP contribution is -2.14. The molecule has 1 N–H and O–H groups in total. The summed E-state index contributed by atoms with van der Waals surface area (Å²) in [5.41, 5.74) is 1.38. The highest BCUT2D eigenvalue weighted by molar-refractivity contribution is 7.98. The van der Waals surface area contributed by atoms with Gasteiger partial charge in [-0.25, -0.2) is 15.0 Å². The molecular formula is C16H11N5OS. The van der Waals surface area contributed by atoms with Gasteiger partial charge in [0, 0.05) is 23.5 Å². The van der Waals surface area contributed by atoms with Crippen molar-refractivity contribution in [2.24, 2.45) is 0 Å². The third-order valence-electron chi connectivity index (χ3n) is 3.16. The van der Waals surface area contributed by atoms with E-state index < -0.39 is 5.56 Å². The highest BCUT2D eigenvalue weighted by atomic mass is 32.2. The van der Waals surface area contributed by atoms with Crippen LogP contribution in [-0.2, 0) is 0 Å². The molecule has 112 valence electrons. The van der Waals surface area contributed by atoms with E-state index in [9.17, 15) is 10.1 Å². The zero-order chi connectivity index (χ0) is 16.2. The Balaban J connectivity index is 2.19. The molecule has 0 saturated heterocycles. The summed E-state index contributed by atoms with van der Waals surface area (Å²) in [6, 6.07) is 11.0. The van der Waals surface area contributed by atoms with Gasteiger partial charge in [-0.15, -0.1) is 0 Å². The number of nitriles is 1. The van der Waals surface area contributed by atoms with Crippen molar-refractivity contribution in [3.8, 4) is 28.7 Å². The van der Waals surface area contributed by atoms with E-state index in [1.165, 1.54) is 11.8 Å². The molecule has 0 fully saturated rings. The number of thioether (sulfide) groups is 1. The summed E-state index contributed by atoms with van der Waals surface area (Å²) in [4.78, 5) is 27.4. The fourth-order valence-electron chi connectivity index (χ4n) is 2.12. The Labute approximate surface area is 136 Å². The number of hydrogen-bond acceptors (Lipinski definition) is 6. The van der Waals surface area contributed by atoms with Gasteiger partial charge in [0.15, 0.2) is 11.0 Å². The lowest BCUT2D eigenvalue weighted by molar-refractivity contribution is 0.937. The fraction of sp³-hybridized carbons (Fsp3) is 0.0625. The van der Waals surface area contributed by atoms with Gasteiger partial charge >= 0.3 is 0 Å². The number of nitrogens with zero attached hydrogens (tertiary/aromatic N) is 4. The molecule has 3 aromatic rings. The Morgan fingerprint density at radius 1 is 1.17 bits per heavy atom. The molecule has 0 saturated carbocycles. The molecule has 0 aliphatic carbocycles. The van der Waals surface area contributed by atoms with E-state index in [4.69, 9.17) is 0 Å². The molecular weight excluding hydrogens is 310 g/mol. The molecule has 1 aromatic carbocycles. The van der Waals surface area contributed by atoms with Crippen LogP contribution in [0.4, 0.5) is 0 Å². The summed E-state index contributed by atoms with van der Waals surface area (Å²) in [5.74, 6) is 0.572. The second-order valence-electron chi connectivity index (χ2n) is 4.56. The molecule has 0 aliphatic rings. The van der Waals surface area contributed by atoms with Crippen molar-refractivity contribution in [3.63, 3.8) is 0 Å². The molecule has 23 heavy (non-hydrogen) atoms. The lowest BCUT2D eigenvalue weighted by atomic mass is 10.0. The van der Waals surface area contributed by atoms with E-state index >= 15 is 0 Å². The molecule has 0 amide bonds. The number of rotatable bonds is 3. The Hall–Kier alpha value is -2.98. The molecule has 0 spiro atoms. The van der Waals surface area contributed by atoms with Gasteiger partial charge in [0.25, 0.3) is 5.56 Å². The number of H-pyrrole nitrogens is 1. The summed E-state index contributed by atoms with van der Waals surface area (Å²) in [7, 11) is 0. The van der Waals surface area contributed by atoms with Crippen LogP contribution >= 0.6 is 11.8 Å². The Kier molecular flexibility index (Phi) is 4.17. The van der Waals surface area contributed by atoms with Crippen LogP contribution in [0.1, 0.15) is 5.56 Å². The topological polar surface area (TPSA) is 95.3 Å². The zero-order valence-electron chi connectivity index (χ0n) is 12.1. The summed E-state index contributed by atoms with van der Waals surface area (Å²) in [5, 5.41) is 9.73. The lowest BCUT2D eigenvalue weighted by Gasteiger charge is -2.07. The highest BCUT2D eigenvalue weighted by Crippen LogP contribution is 2.25. The van der Waals surface area contributed by atoms with Crippen molar-refractivity contribution in [3.05, 3.63) is 58.6 Å². The molecule has 0 aliphatic heterocycles. The predicted octanol–water partition coefficient (Wildman–Crippen LogP) is 2.49. The Morgan fingerprint density at radius 3 is 2.61 bits per heavy atom. The normalized spacial score (nSPS) is 10.3. The summed E-state index contributed by atoms with van der Waals surface area (Å²) >= 11 is 1.31. The van der Waals surface area contributed by atoms with Crippen LogP contribution in [0, 0.1) is 11.3 Å². The molecule has 2 aromatic heterocycles.